The highest BCUT2D eigenvalue weighted by atomic mass is 16.1. The maximum absolute atomic E-state index is 12.3. The van der Waals surface area contributed by atoms with Crippen LogP contribution in [0.15, 0.2) is 55.1 Å². The van der Waals surface area contributed by atoms with E-state index in [0.717, 1.165) is 16.1 Å². The average molecular weight is 277 g/mol. The van der Waals surface area contributed by atoms with Crippen LogP contribution < -0.4 is 15.8 Å². The molecule has 2 aromatic carbocycles. The molecule has 2 nitrogen and oxygen atoms in total. The molecule has 0 saturated carbocycles. The summed E-state index contributed by atoms with van der Waals surface area (Å²) in [5.41, 5.74) is 2.61. The molecule has 0 aliphatic heterocycles. The van der Waals surface area contributed by atoms with E-state index < -0.39 is 0 Å². The van der Waals surface area contributed by atoms with E-state index in [1.165, 1.54) is 5.56 Å². The van der Waals surface area contributed by atoms with Gasteiger partial charge in [0, 0.05) is 11.3 Å². The Bertz CT molecular complexity index is 770. The zero-order valence-electron chi connectivity index (χ0n) is 12.4. The van der Waals surface area contributed by atoms with Crippen molar-refractivity contribution in [3.8, 4) is 0 Å². The molecule has 106 valence electrons. The number of carbonyl (C=O) groups excluding carboxylic acids is 1. The number of allylic oxidation sites excluding steroid dienone is 1. The van der Waals surface area contributed by atoms with Gasteiger partial charge in [-0.25, -0.2) is 0 Å². The lowest BCUT2D eigenvalue weighted by molar-refractivity contribution is 0.102. The molecular weight excluding hydrogens is 258 g/mol. The molecule has 1 amide bonds. The van der Waals surface area contributed by atoms with Gasteiger partial charge in [-0.15, -0.1) is 0 Å². The Labute approximate surface area is 125 Å². The van der Waals surface area contributed by atoms with Crippen LogP contribution in [0.3, 0.4) is 0 Å². The summed E-state index contributed by atoms with van der Waals surface area (Å²) < 4.78 is 0. The Morgan fingerprint density at radius 2 is 1.81 bits per heavy atom. The van der Waals surface area contributed by atoms with Crippen LogP contribution in [0.2, 0.25) is 0 Å². The number of rotatable bonds is 3. The SMILES string of the molecule is C=C/C=c1/ccc(C(=O)Nc2ccc(C)cc2)c/c1=C/C. The number of hydrogen-bond donors (Lipinski definition) is 1. The topological polar surface area (TPSA) is 29.1 Å². The Kier molecular flexibility index (Phi) is 4.72. The summed E-state index contributed by atoms with van der Waals surface area (Å²) in [6.45, 7) is 7.68. The highest BCUT2D eigenvalue weighted by Crippen LogP contribution is 2.09. The van der Waals surface area contributed by atoms with E-state index in [2.05, 4.69) is 11.9 Å². The largest absolute Gasteiger partial charge is 0.322 e. The molecule has 0 fully saturated rings. The second kappa shape index (κ2) is 6.71. The van der Waals surface area contributed by atoms with Gasteiger partial charge < -0.3 is 5.32 Å². The van der Waals surface area contributed by atoms with Gasteiger partial charge >= 0.3 is 0 Å². The standard InChI is InChI=1S/C19H19NO/c1-4-6-16-9-10-17(13-15(16)5-2)19(21)20-18-11-7-14(3)8-12-18/h4-13H,1H2,2-3H3,(H,20,21)/b15-5-,16-6-. The number of anilines is 1. The maximum atomic E-state index is 12.3. The molecule has 0 heterocycles. The van der Waals surface area contributed by atoms with Gasteiger partial charge in [-0.05, 0) is 48.6 Å². The summed E-state index contributed by atoms with van der Waals surface area (Å²) >= 11 is 0. The van der Waals surface area contributed by atoms with Gasteiger partial charge in [-0.1, -0.05) is 48.6 Å². The van der Waals surface area contributed by atoms with Crippen LogP contribution in [-0.2, 0) is 0 Å². The number of hydrogen-bond acceptors (Lipinski definition) is 1. The molecule has 0 aliphatic rings. The summed E-state index contributed by atoms with van der Waals surface area (Å²) in [6.07, 6.45) is 5.66. The predicted octanol–water partition coefficient (Wildman–Crippen LogP) is 3.01. The van der Waals surface area contributed by atoms with Gasteiger partial charge in [0.1, 0.15) is 0 Å². The Morgan fingerprint density at radius 1 is 1.10 bits per heavy atom. The van der Waals surface area contributed by atoms with E-state index in [-0.39, 0.29) is 5.91 Å². The summed E-state index contributed by atoms with van der Waals surface area (Å²) in [5, 5.41) is 4.98. The fourth-order valence-corrected chi connectivity index (χ4v) is 2.08. The first-order valence-electron chi connectivity index (χ1n) is 6.91. The van der Waals surface area contributed by atoms with Crippen molar-refractivity contribution >= 4 is 23.7 Å². The summed E-state index contributed by atoms with van der Waals surface area (Å²) in [6, 6.07) is 13.4. The molecule has 2 heteroatoms. The predicted molar refractivity (Wildman–Crippen MR) is 89.6 cm³/mol. The van der Waals surface area contributed by atoms with Crippen LogP contribution >= 0.6 is 0 Å². The van der Waals surface area contributed by atoms with Gasteiger partial charge in [-0.2, -0.15) is 0 Å². The fraction of sp³-hybridized carbons (Fsp3) is 0.105. The second-order valence-corrected chi connectivity index (χ2v) is 4.85. The van der Waals surface area contributed by atoms with Crippen molar-refractivity contribution in [1.29, 1.82) is 0 Å². The first-order chi connectivity index (χ1) is 10.1. The Hall–Kier alpha value is -2.61. The number of benzene rings is 2. The van der Waals surface area contributed by atoms with Crippen molar-refractivity contribution in [3.63, 3.8) is 0 Å². The molecule has 2 aromatic rings. The molecule has 0 saturated heterocycles. The minimum Gasteiger partial charge on any atom is -0.322 e. The third-order valence-corrected chi connectivity index (χ3v) is 3.27. The molecule has 21 heavy (non-hydrogen) atoms. The van der Waals surface area contributed by atoms with E-state index in [0.29, 0.717) is 5.56 Å². The van der Waals surface area contributed by atoms with E-state index >= 15 is 0 Å². The smallest absolute Gasteiger partial charge is 0.255 e. The first kappa shape index (κ1) is 14.8. The zero-order valence-corrected chi connectivity index (χ0v) is 12.4. The third-order valence-electron chi connectivity index (χ3n) is 3.27. The van der Waals surface area contributed by atoms with E-state index in [9.17, 15) is 4.79 Å². The lowest BCUT2D eigenvalue weighted by Crippen LogP contribution is -2.26. The molecule has 0 unspecified atom stereocenters. The summed E-state index contributed by atoms with van der Waals surface area (Å²) in [4.78, 5) is 12.3. The minimum atomic E-state index is -0.105. The number of aryl methyl sites for hydroxylation is 1. The van der Waals surface area contributed by atoms with Crippen molar-refractivity contribution < 1.29 is 4.79 Å². The van der Waals surface area contributed by atoms with Crippen molar-refractivity contribution in [2.75, 3.05) is 5.32 Å². The van der Waals surface area contributed by atoms with E-state index in [4.69, 9.17) is 0 Å². The number of nitrogens with one attached hydrogen (secondary N) is 1. The molecule has 0 radical (unpaired) electrons. The van der Waals surface area contributed by atoms with Gasteiger partial charge in [0.2, 0.25) is 0 Å². The van der Waals surface area contributed by atoms with Crippen molar-refractivity contribution in [2.24, 2.45) is 0 Å². The van der Waals surface area contributed by atoms with Gasteiger partial charge in [0.15, 0.2) is 0 Å². The fourth-order valence-electron chi connectivity index (χ4n) is 2.08. The molecule has 0 aromatic heterocycles. The normalized spacial score (nSPS) is 12.3. The first-order valence-corrected chi connectivity index (χ1v) is 6.91. The van der Waals surface area contributed by atoms with Gasteiger partial charge in [0.05, 0.1) is 0 Å². The van der Waals surface area contributed by atoms with Crippen molar-refractivity contribution in [3.05, 3.63) is 76.7 Å². The van der Waals surface area contributed by atoms with Gasteiger partial charge in [-0.3, -0.25) is 4.79 Å². The van der Waals surface area contributed by atoms with E-state index in [1.807, 2.05) is 68.5 Å². The van der Waals surface area contributed by atoms with Crippen molar-refractivity contribution in [2.45, 2.75) is 13.8 Å². The van der Waals surface area contributed by atoms with Gasteiger partial charge in [0.25, 0.3) is 5.91 Å². The molecule has 2 rings (SSSR count). The van der Waals surface area contributed by atoms with Crippen LogP contribution in [0, 0.1) is 6.92 Å². The number of carbonyl (C=O) groups is 1. The number of amides is 1. The lowest BCUT2D eigenvalue weighted by atomic mass is 10.1. The summed E-state index contributed by atoms with van der Waals surface area (Å²) in [5.74, 6) is -0.105. The molecule has 0 aliphatic carbocycles. The molecule has 0 spiro atoms. The highest BCUT2D eigenvalue weighted by Gasteiger charge is 2.05. The van der Waals surface area contributed by atoms with Crippen LogP contribution in [0.1, 0.15) is 22.8 Å². The second-order valence-electron chi connectivity index (χ2n) is 4.85. The lowest BCUT2D eigenvalue weighted by Gasteiger charge is -2.06. The average Bonchev–Trinajstić information content (AvgIpc) is 2.50. The quantitative estimate of drug-likeness (QED) is 0.918. The Morgan fingerprint density at radius 3 is 2.43 bits per heavy atom. The molecular formula is C19H19NO. The van der Waals surface area contributed by atoms with Crippen molar-refractivity contribution in [1.82, 2.24) is 0 Å². The highest BCUT2D eigenvalue weighted by molar-refractivity contribution is 6.04. The van der Waals surface area contributed by atoms with Crippen LogP contribution in [0.5, 0.6) is 0 Å². The maximum Gasteiger partial charge on any atom is 0.255 e. The van der Waals surface area contributed by atoms with Crippen LogP contribution in [0.4, 0.5) is 5.69 Å². The molecule has 1 N–H and O–H groups in total. The molecule has 0 atom stereocenters. The van der Waals surface area contributed by atoms with Crippen LogP contribution in [0.25, 0.3) is 12.2 Å². The third kappa shape index (κ3) is 3.69. The summed E-state index contributed by atoms with van der Waals surface area (Å²) in [7, 11) is 0. The zero-order chi connectivity index (χ0) is 15.2. The molecule has 0 bridgehead atoms. The Balaban J connectivity index is 2.30. The minimum absolute atomic E-state index is 0.105. The monoisotopic (exact) mass is 277 g/mol. The van der Waals surface area contributed by atoms with Crippen LogP contribution in [-0.4, -0.2) is 5.91 Å². The van der Waals surface area contributed by atoms with E-state index in [1.54, 1.807) is 6.08 Å².